The molecule has 210 valence electrons. The second-order valence-corrected chi connectivity index (χ2v) is 11.7. The summed E-state index contributed by atoms with van der Waals surface area (Å²) in [5.74, 6) is 0.549. The molecule has 0 unspecified atom stereocenters. The molecule has 0 aliphatic carbocycles. The van der Waals surface area contributed by atoms with Crippen LogP contribution in [0.4, 0.5) is 4.79 Å². The van der Waals surface area contributed by atoms with Gasteiger partial charge in [-0.1, -0.05) is 60.7 Å². The first-order valence-electron chi connectivity index (χ1n) is 14.1. The highest BCUT2D eigenvalue weighted by molar-refractivity contribution is 5.79. The summed E-state index contributed by atoms with van der Waals surface area (Å²) in [4.78, 5) is 48.3. The normalized spacial score (nSPS) is 16.1. The van der Waals surface area contributed by atoms with Crippen molar-refractivity contribution in [3.05, 3.63) is 99.2 Å². The summed E-state index contributed by atoms with van der Waals surface area (Å²) in [6.45, 7) is 9.23. The van der Waals surface area contributed by atoms with Crippen molar-refractivity contribution in [3.8, 4) is 0 Å². The van der Waals surface area contributed by atoms with Gasteiger partial charge in [-0.25, -0.2) is 9.78 Å². The molecule has 8 heteroatoms. The fraction of sp³-hybridized carbons (Fsp3) is 0.438. The van der Waals surface area contributed by atoms with Crippen LogP contribution in [0, 0.1) is 12.8 Å². The van der Waals surface area contributed by atoms with Crippen molar-refractivity contribution in [1.82, 2.24) is 19.4 Å². The topological polar surface area (TPSA) is 84.7 Å². The summed E-state index contributed by atoms with van der Waals surface area (Å²) in [5, 5.41) is 0. The van der Waals surface area contributed by atoms with Crippen LogP contribution < -0.4 is 5.56 Å². The van der Waals surface area contributed by atoms with E-state index in [0.717, 1.165) is 11.1 Å². The van der Waals surface area contributed by atoms with Gasteiger partial charge in [-0.3, -0.25) is 14.2 Å². The first-order chi connectivity index (χ1) is 19.1. The fourth-order valence-electron chi connectivity index (χ4n) is 5.77. The van der Waals surface area contributed by atoms with E-state index >= 15 is 0 Å². The molecule has 3 heterocycles. The van der Waals surface area contributed by atoms with Crippen molar-refractivity contribution >= 4 is 12.0 Å². The van der Waals surface area contributed by atoms with Crippen LogP contribution in [0.2, 0.25) is 0 Å². The third kappa shape index (κ3) is 5.81. The molecule has 1 fully saturated rings. The molecule has 2 aliphatic heterocycles. The SMILES string of the molecule is Cc1nc2c(c(=O)n1C(c1ccccc1)c1ccccc1)CCN(C(=O)C1CCN(C(=O)OC(C)(C)C)CC1)C2. The van der Waals surface area contributed by atoms with E-state index in [1.54, 1.807) is 9.47 Å². The molecular weight excluding hydrogens is 504 g/mol. The van der Waals surface area contributed by atoms with Crippen molar-refractivity contribution in [3.63, 3.8) is 0 Å². The van der Waals surface area contributed by atoms with Gasteiger partial charge < -0.3 is 14.5 Å². The quantitative estimate of drug-likeness (QED) is 0.476. The van der Waals surface area contributed by atoms with E-state index in [-0.39, 0.29) is 29.5 Å². The van der Waals surface area contributed by atoms with Crippen molar-refractivity contribution in [2.24, 2.45) is 5.92 Å². The van der Waals surface area contributed by atoms with Gasteiger partial charge in [-0.05, 0) is 58.1 Å². The number of aryl methyl sites for hydroxylation is 1. The molecule has 1 aromatic heterocycles. The van der Waals surface area contributed by atoms with E-state index < -0.39 is 5.60 Å². The maximum atomic E-state index is 14.0. The highest BCUT2D eigenvalue weighted by atomic mass is 16.6. The molecule has 0 atom stereocenters. The number of ether oxygens (including phenoxy) is 1. The van der Waals surface area contributed by atoms with E-state index in [9.17, 15) is 14.4 Å². The molecule has 8 nitrogen and oxygen atoms in total. The van der Waals surface area contributed by atoms with Gasteiger partial charge >= 0.3 is 6.09 Å². The number of aromatic nitrogens is 2. The smallest absolute Gasteiger partial charge is 0.410 e. The predicted molar refractivity (Wildman–Crippen MR) is 153 cm³/mol. The van der Waals surface area contributed by atoms with Gasteiger partial charge in [-0.2, -0.15) is 0 Å². The highest BCUT2D eigenvalue weighted by Gasteiger charge is 2.34. The number of hydrogen-bond acceptors (Lipinski definition) is 5. The van der Waals surface area contributed by atoms with Gasteiger partial charge in [0.15, 0.2) is 0 Å². The Kier molecular flexibility index (Phi) is 7.79. The Morgan fingerprint density at radius 1 is 0.900 bits per heavy atom. The number of piperidine rings is 1. The van der Waals surface area contributed by atoms with Gasteiger partial charge in [0.25, 0.3) is 5.56 Å². The van der Waals surface area contributed by atoms with Gasteiger partial charge in [0.2, 0.25) is 5.91 Å². The third-order valence-corrected chi connectivity index (χ3v) is 7.74. The maximum absolute atomic E-state index is 14.0. The predicted octanol–water partition coefficient (Wildman–Crippen LogP) is 4.72. The van der Waals surface area contributed by atoms with Crippen LogP contribution in [0.25, 0.3) is 0 Å². The Balaban J connectivity index is 1.34. The number of likely N-dealkylation sites (tertiary alicyclic amines) is 1. The number of fused-ring (bicyclic) bond motifs is 1. The minimum absolute atomic E-state index is 0.0435. The Hall–Kier alpha value is -3.94. The monoisotopic (exact) mass is 542 g/mol. The van der Waals surface area contributed by atoms with E-state index in [2.05, 4.69) is 0 Å². The number of hydrogen-bond donors (Lipinski definition) is 0. The lowest BCUT2D eigenvalue weighted by Crippen LogP contribution is -2.47. The van der Waals surface area contributed by atoms with Crippen molar-refractivity contribution in [2.75, 3.05) is 19.6 Å². The Labute approximate surface area is 235 Å². The molecule has 0 spiro atoms. The number of nitrogens with zero attached hydrogens (tertiary/aromatic N) is 4. The van der Waals surface area contributed by atoms with E-state index in [1.807, 2.05) is 93.3 Å². The molecule has 0 radical (unpaired) electrons. The molecule has 5 rings (SSSR count). The summed E-state index contributed by atoms with van der Waals surface area (Å²) >= 11 is 0. The summed E-state index contributed by atoms with van der Waals surface area (Å²) < 4.78 is 7.28. The van der Waals surface area contributed by atoms with E-state index in [1.165, 1.54) is 0 Å². The second-order valence-electron chi connectivity index (χ2n) is 11.7. The second kappa shape index (κ2) is 11.3. The number of benzene rings is 2. The van der Waals surface area contributed by atoms with Crippen LogP contribution in [-0.4, -0.2) is 56.6 Å². The molecule has 0 saturated carbocycles. The van der Waals surface area contributed by atoms with Gasteiger partial charge in [0, 0.05) is 31.1 Å². The number of rotatable bonds is 4. The Morgan fingerprint density at radius 3 is 2.02 bits per heavy atom. The molecule has 0 N–H and O–H groups in total. The summed E-state index contributed by atoms with van der Waals surface area (Å²) in [6.07, 6.45) is 1.35. The lowest BCUT2D eigenvalue weighted by atomic mass is 9.94. The molecule has 2 aliphatic rings. The average molecular weight is 543 g/mol. The zero-order chi connectivity index (χ0) is 28.4. The molecule has 40 heavy (non-hydrogen) atoms. The first-order valence-corrected chi connectivity index (χ1v) is 14.1. The van der Waals surface area contributed by atoms with Crippen LogP contribution in [0.5, 0.6) is 0 Å². The number of carbonyl (C=O) groups excluding carboxylic acids is 2. The summed E-state index contributed by atoms with van der Waals surface area (Å²) in [6, 6.07) is 19.8. The van der Waals surface area contributed by atoms with Crippen LogP contribution in [0.1, 0.15) is 67.9 Å². The van der Waals surface area contributed by atoms with Crippen molar-refractivity contribution in [1.29, 1.82) is 0 Å². The van der Waals surface area contributed by atoms with Crippen molar-refractivity contribution in [2.45, 2.75) is 65.1 Å². The summed E-state index contributed by atoms with van der Waals surface area (Å²) in [5.41, 5.74) is 2.82. The Morgan fingerprint density at radius 2 is 1.48 bits per heavy atom. The minimum atomic E-state index is -0.545. The van der Waals surface area contributed by atoms with Crippen LogP contribution in [0.3, 0.4) is 0 Å². The van der Waals surface area contributed by atoms with Crippen LogP contribution in [0.15, 0.2) is 65.5 Å². The van der Waals surface area contributed by atoms with Crippen LogP contribution >= 0.6 is 0 Å². The largest absolute Gasteiger partial charge is 0.444 e. The maximum Gasteiger partial charge on any atom is 0.410 e. The molecule has 3 aromatic rings. The number of amides is 2. The summed E-state index contributed by atoms with van der Waals surface area (Å²) in [7, 11) is 0. The molecular formula is C32H38N4O4. The average Bonchev–Trinajstić information content (AvgIpc) is 2.94. The fourth-order valence-corrected chi connectivity index (χ4v) is 5.77. The molecule has 2 amide bonds. The standard InChI is InChI=1S/C32H38N4O4/c1-22-33-27-21-35(29(37)25-15-18-34(19-16-25)31(39)40-32(2,3)4)20-17-26(27)30(38)36(22)28(23-11-7-5-8-12-23)24-13-9-6-10-14-24/h5-14,25,28H,15-21H2,1-4H3. The van der Waals surface area contributed by atoms with E-state index in [4.69, 9.17) is 9.72 Å². The lowest BCUT2D eigenvalue weighted by molar-refractivity contribution is -0.138. The zero-order valence-corrected chi connectivity index (χ0v) is 23.8. The zero-order valence-electron chi connectivity index (χ0n) is 23.8. The minimum Gasteiger partial charge on any atom is -0.444 e. The van der Waals surface area contributed by atoms with Crippen molar-refractivity contribution < 1.29 is 14.3 Å². The first kappa shape index (κ1) is 27.6. The number of carbonyl (C=O) groups is 2. The highest BCUT2D eigenvalue weighted by Crippen LogP contribution is 2.28. The van der Waals surface area contributed by atoms with Gasteiger partial charge in [0.1, 0.15) is 11.4 Å². The Bertz CT molecular complexity index is 1380. The van der Waals surface area contributed by atoms with Crippen LogP contribution in [-0.2, 0) is 22.5 Å². The lowest BCUT2D eigenvalue weighted by Gasteiger charge is -2.36. The van der Waals surface area contributed by atoms with E-state index in [0.29, 0.717) is 62.5 Å². The van der Waals surface area contributed by atoms with Gasteiger partial charge in [0.05, 0.1) is 18.3 Å². The molecule has 0 bridgehead atoms. The van der Waals surface area contributed by atoms with Gasteiger partial charge in [-0.15, -0.1) is 0 Å². The third-order valence-electron chi connectivity index (χ3n) is 7.74. The molecule has 2 aromatic carbocycles. The molecule has 1 saturated heterocycles.